The van der Waals surface area contributed by atoms with Crippen molar-refractivity contribution in [1.29, 1.82) is 0 Å². The standard InChI is InChI=1S/C46H56N8O7/c1-23(2)37(51-45(57)60-7)43(55)53-25(4)24(3)19-36(53)41-48-34-18-15-30-20-29(14-17-33(30)39(34)50-41)27-9-11-28(12-10-27)35-22-47-42(49-35)40-31-13-16-32(21-31)54(40)44(56)38(26(5)59-6)52-46(58)61-8/h9-12,14-15,17-18,20,22-26,31-32,36-38,40H,13,16,19,21H2,1-8H3,(H,47,49)(H,48,50)(H,51,57)(H,52,58)/t24-,25-,26-,31+,32-,36+,37+,38+,40+/m1/s1. The number of nitrogens with zero attached hydrogens (tertiary/aromatic N) is 4. The number of likely N-dealkylation sites (tertiary alicyclic amines) is 2. The summed E-state index contributed by atoms with van der Waals surface area (Å²) in [4.78, 5) is 73.2. The number of methoxy groups -OCH3 is 3. The van der Waals surface area contributed by atoms with Gasteiger partial charge in [0.05, 0.1) is 55.3 Å². The fourth-order valence-corrected chi connectivity index (χ4v) is 9.84. The molecule has 8 rings (SSSR count). The molecule has 1 aliphatic carbocycles. The Kier molecular flexibility index (Phi) is 11.5. The minimum Gasteiger partial charge on any atom is -0.453 e. The van der Waals surface area contributed by atoms with Gasteiger partial charge < -0.3 is 44.6 Å². The van der Waals surface area contributed by atoms with Crippen LogP contribution in [0, 0.1) is 17.8 Å². The molecule has 4 amide bonds. The molecule has 0 spiro atoms. The summed E-state index contributed by atoms with van der Waals surface area (Å²) in [6.07, 6.45) is 3.52. The molecule has 3 aliphatic rings. The number of carbonyl (C=O) groups excluding carboxylic acids is 4. The van der Waals surface area contributed by atoms with Crippen molar-refractivity contribution >= 4 is 45.8 Å². The second-order valence-electron chi connectivity index (χ2n) is 17.3. The number of piperidine rings is 1. The SMILES string of the molecule is COC(=O)N[C@H](C(=O)N1[C@H](C)[C@H](C)C[C@H]1c1nc2ccc3cc(-c4ccc(-c5cnc([C@@H]6[C@H]7CC[C@H](C7)N6C(=O)[C@@H](NC(=O)OC)[C@@H](C)OC)[nH]5)cc4)ccc3c2[nH]1)C(C)C. The predicted molar refractivity (Wildman–Crippen MR) is 230 cm³/mol. The molecule has 3 fully saturated rings. The van der Waals surface area contributed by atoms with Crippen molar-refractivity contribution in [3.63, 3.8) is 0 Å². The third-order valence-corrected chi connectivity index (χ3v) is 13.5. The summed E-state index contributed by atoms with van der Waals surface area (Å²) in [6, 6.07) is 16.7. The van der Waals surface area contributed by atoms with E-state index >= 15 is 0 Å². The summed E-state index contributed by atoms with van der Waals surface area (Å²) in [5, 5.41) is 7.52. The first-order valence-electron chi connectivity index (χ1n) is 21.3. The summed E-state index contributed by atoms with van der Waals surface area (Å²) >= 11 is 0. The molecule has 15 heteroatoms. The van der Waals surface area contributed by atoms with Crippen LogP contribution in [0.3, 0.4) is 0 Å². The zero-order valence-electron chi connectivity index (χ0n) is 36.0. The lowest BCUT2D eigenvalue weighted by Crippen LogP contribution is -2.56. The Labute approximate surface area is 355 Å². The van der Waals surface area contributed by atoms with Gasteiger partial charge in [0.1, 0.15) is 23.7 Å². The summed E-state index contributed by atoms with van der Waals surface area (Å²) in [7, 11) is 4.09. The molecule has 2 aromatic heterocycles. The van der Waals surface area contributed by atoms with Gasteiger partial charge in [-0.05, 0) is 91.5 Å². The molecule has 3 aromatic carbocycles. The summed E-state index contributed by atoms with van der Waals surface area (Å²) < 4.78 is 15.1. The van der Waals surface area contributed by atoms with Crippen molar-refractivity contribution in [3.8, 4) is 22.4 Å². The van der Waals surface area contributed by atoms with E-state index in [1.54, 1.807) is 6.92 Å². The highest BCUT2D eigenvalue weighted by Crippen LogP contribution is 2.50. The van der Waals surface area contributed by atoms with E-state index in [9.17, 15) is 19.2 Å². The maximum atomic E-state index is 14.1. The van der Waals surface area contributed by atoms with E-state index in [1.807, 2.05) is 35.9 Å². The van der Waals surface area contributed by atoms with Crippen LogP contribution >= 0.6 is 0 Å². The van der Waals surface area contributed by atoms with Crippen LogP contribution in [-0.2, 0) is 23.8 Å². The average Bonchev–Trinajstić information content (AvgIpc) is 4.13. The molecular formula is C46H56N8O7. The number of ether oxygens (including phenoxy) is 3. The second-order valence-corrected chi connectivity index (χ2v) is 17.3. The molecule has 15 nitrogen and oxygen atoms in total. The molecule has 5 aromatic rings. The van der Waals surface area contributed by atoms with Gasteiger partial charge in [-0.15, -0.1) is 0 Å². The average molecular weight is 833 g/mol. The van der Waals surface area contributed by atoms with Crippen molar-refractivity contribution in [2.24, 2.45) is 17.8 Å². The zero-order chi connectivity index (χ0) is 43.3. The minimum absolute atomic E-state index is 0.0441. The van der Waals surface area contributed by atoms with Crippen LogP contribution < -0.4 is 10.6 Å². The smallest absolute Gasteiger partial charge is 0.407 e. The van der Waals surface area contributed by atoms with Gasteiger partial charge in [-0.1, -0.05) is 63.2 Å². The van der Waals surface area contributed by atoms with E-state index in [0.29, 0.717) is 0 Å². The Hall–Kier alpha value is -5.96. The largest absolute Gasteiger partial charge is 0.453 e. The molecule has 2 bridgehead atoms. The monoisotopic (exact) mass is 832 g/mol. The number of hydrogen-bond donors (Lipinski definition) is 4. The van der Waals surface area contributed by atoms with E-state index in [-0.39, 0.29) is 53.7 Å². The number of amides is 4. The lowest BCUT2D eigenvalue weighted by Gasteiger charge is -2.37. The normalized spacial score (nSPS) is 23.7. The molecular weight excluding hydrogens is 777 g/mol. The zero-order valence-corrected chi connectivity index (χ0v) is 36.0. The van der Waals surface area contributed by atoms with Crippen molar-refractivity contribution in [2.75, 3.05) is 21.3 Å². The molecule has 1 saturated carbocycles. The minimum atomic E-state index is -0.894. The number of benzene rings is 3. The number of fused-ring (bicyclic) bond motifs is 5. The molecule has 4 heterocycles. The summed E-state index contributed by atoms with van der Waals surface area (Å²) in [5.74, 6) is 1.48. The maximum absolute atomic E-state index is 14.1. The molecule has 9 atom stereocenters. The number of aromatic nitrogens is 4. The third kappa shape index (κ3) is 7.68. The van der Waals surface area contributed by atoms with Gasteiger partial charge in [0, 0.05) is 24.6 Å². The van der Waals surface area contributed by atoms with E-state index in [0.717, 1.165) is 81.5 Å². The van der Waals surface area contributed by atoms with Crippen LogP contribution in [0.15, 0.2) is 60.8 Å². The number of H-pyrrole nitrogens is 2. The Morgan fingerprint density at radius 1 is 0.770 bits per heavy atom. The number of imidazole rings is 2. The highest BCUT2D eigenvalue weighted by molar-refractivity contribution is 6.05. The van der Waals surface area contributed by atoms with Crippen molar-refractivity contribution in [2.45, 2.75) is 103 Å². The van der Waals surface area contributed by atoms with Gasteiger partial charge in [-0.3, -0.25) is 9.59 Å². The van der Waals surface area contributed by atoms with Crippen LogP contribution in [0.1, 0.15) is 84.0 Å². The first-order valence-corrected chi connectivity index (χ1v) is 21.3. The van der Waals surface area contributed by atoms with E-state index in [1.165, 1.54) is 21.3 Å². The summed E-state index contributed by atoms with van der Waals surface area (Å²) in [5.41, 5.74) is 5.68. The Bertz CT molecular complexity index is 2440. The van der Waals surface area contributed by atoms with Crippen molar-refractivity contribution < 1.29 is 33.4 Å². The van der Waals surface area contributed by atoms with E-state index in [4.69, 9.17) is 24.2 Å². The highest BCUT2D eigenvalue weighted by Gasteiger charge is 2.52. The van der Waals surface area contributed by atoms with Crippen LogP contribution in [0.2, 0.25) is 0 Å². The van der Waals surface area contributed by atoms with Crippen LogP contribution in [0.4, 0.5) is 9.59 Å². The van der Waals surface area contributed by atoms with Gasteiger partial charge in [0.25, 0.3) is 0 Å². The third-order valence-electron chi connectivity index (χ3n) is 13.5. The molecule has 0 unspecified atom stereocenters. The van der Waals surface area contributed by atoms with Crippen LogP contribution in [-0.4, -0.2) is 105 Å². The van der Waals surface area contributed by atoms with Gasteiger partial charge in [-0.2, -0.15) is 0 Å². The fourth-order valence-electron chi connectivity index (χ4n) is 9.84. The van der Waals surface area contributed by atoms with Crippen LogP contribution in [0.25, 0.3) is 44.2 Å². The predicted octanol–water partition coefficient (Wildman–Crippen LogP) is 7.26. The topological polar surface area (TPSA) is 184 Å². The first kappa shape index (κ1) is 41.8. The number of alkyl carbamates (subject to hydrolysis) is 2. The number of nitrogens with one attached hydrogen (secondary N) is 4. The van der Waals surface area contributed by atoms with E-state index in [2.05, 4.69) is 83.0 Å². The fraction of sp³-hybridized carbons (Fsp3) is 0.478. The maximum Gasteiger partial charge on any atom is 0.407 e. The van der Waals surface area contributed by atoms with Gasteiger partial charge >= 0.3 is 12.2 Å². The molecule has 4 N–H and O–H groups in total. The molecule has 322 valence electrons. The van der Waals surface area contributed by atoms with Gasteiger partial charge in [0.15, 0.2) is 0 Å². The Balaban J connectivity index is 1.01. The Morgan fingerprint density at radius 2 is 1.44 bits per heavy atom. The number of rotatable bonds is 11. The second kappa shape index (κ2) is 16.8. The van der Waals surface area contributed by atoms with E-state index < -0.39 is 30.4 Å². The quantitative estimate of drug-likeness (QED) is 0.106. The lowest BCUT2D eigenvalue weighted by molar-refractivity contribution is -0.141. The number of carbonyl (C=O) groups is 4. The highest BCUT2D eigenvalue weighted by atomic mass is 16.5. The van der Waals surface area contributed by atoms with Crippen LogP contribution in [0.5, 0.6) is 0 Å². The number of aromatic amines is 2. The first-order chi connectivity index (χ1) is 29.3. The molecule has 61 heavy (non-hydrogen) atoms. The van der Waals surface area contributed by atoms with Gasteiger partial charge in [-0.25, -0.2) is 19.6 Å². The molecule has 2 saturated heterocycles. The molecule has 0 radical (unpaired) electrons. The lowest BCUT2D eigenvalue weighted by atomic mass is 9.97. The van der Waals surface area contributed by atoms with Gasteiger partial charge in [0.2, 0.25) is 11.8 Å². The Morgan fingerprint density at radius 3 is 2.13 bits per heavy atom. The number of hydrogen-bond acceptors (Lipinski definition) is 9. The molecule has 2 aliphatic heterocycles. The summed E-state index contributed by atoms with van der Waals surface area (Å²) in [6.45, 7) is 9.79. The van der Waals surface area contributed by atoms with Crippen molar-refractivity contribution in [1.82, 2.24) is 40.4 Å². The van der Waals surface area contributed by atoms with Crippen molar-refractivity contribution in [3.05, 3.63) is 72.4 Å².